The Morgan fingerprint density at radius 1 is 1.24 bits per heavy atom. The second-order valence-corrected chi connectivity index (χ2v) is 3.79. The van der Waals surface area contributed by atoms with Crippen molar-refractivity contribution in [1.82, 2.24) is 0 Å². The highest BCUT2D eigenvalue weighted by molar-refractivity contribution is 5.80. The van der Waals surface area contributed by atoms with Crippen LogP contribution >= 0.6 is 0 Å². The lowest BCUT2D eigenvalue weighted by Crippen LogP contribution is -2.05. The van der Waals surface area contributed by atoms with Crippen molar-refractivity contribution >= 4 is 12.0 Å². The van der Waals surface area contributed by atoms with Crippen molar-refractivity contribution in [3.8, 4) is 5.75 Å². The second-order valence-electron chi connectivity index (χ2n) is 3.79. The SMILES string of the molecule is CC(C)Oc1ccc(/C=C/C=C/C(=O)O)cc1. The lowest BCUT2D eigenvalue weighted by molar-refractivity contribution is -0.131. The van der Waals surface area contributed by atoms with Gasteiger partial charge in [-0.1, -0.05) is 30.4 Å². The van der Waals surface area contributed by atoms with Crippen molar-refractivity contribution in [2.24, 2.45) is 0 Å². The molecular formula is C14H16O3. The molecule has 0 heterocycles. The molecule has 3 heteroatoms. The minimum Gasteiger partial charge on any atom is -0.491 e. The van der Waals surface area contributed by atoms with Crippen molar-refractivity contribution in [3.63, 3.8) is 0 Å². The van der Waals surface area contributed by atoms with E-state index in [-0.39, 0.29) is 6.10 Å². The smallest absolute Gasteiger partial charge is 0.328 e. The largest absolute Gasteiger partial charge is 0.491 e. The molecule has 1 aromatic rings. The average molecular weight is 232 g/mol. The summed E-state index contributed by atoms with van der Waals surface area (Å²) in [5.74, 6) is -0.117. The lowest BCUT2D eigenvalue weighted by atomic mass is 10.2. The average Bonchev–Trinajstić information content (AvgIpc) is 2.25. The number of carboxylic acids is 1. The summed E-state index contributed by atoms with van der Waals surface area (Å²) in [6.07, 6.45) is 6.26. The van der Waals surface area contributed by atoms with Crippen LogP contribution < -0.4 is 4.74 Å². The maximum atomic E-state index is 10.2. The van der Waals surface area contributed by atoms with Crippen molar-refractivity contribution in [2.45, 2.75) is 20.0 Å². The number of aliphatic carboxylic acids is 1. The molecule has 0 amide bonds. The number of rotatable bonds is 5. The Balaban J connectivity index is 2.59. The molecule has 0 radical (unpaired) electrons. The minimum absolute atomic E-state index is 0.162. The maximum Gasteiger partial charge on any atom is 0.328 e. The number of hydrogen-bond donors (Lipinski definition) is 1. The van der Waals surface area contributed by atoms with Crippen molar-refractivity contribution < 1.29 is 14.6 Å². The van der Waals surface area contributed by atoms with Gasteiger partial charge < -0.3 is 9.84 Å². The number of ether oxygens (including phenoxy) is 1. The molecule has 0 bridgehead atoms. The zero-order valence-corrected chi connectivity index (χ0v) is 9.96. The van der Waals surface area contributed by atoms with E-state index >= 15 is 0 Å². The van der Waals surface area contributed by atoms with Gasteiger partial charge in [0.05, 0.1) is 6.10 Å². The lowest BCUT2D eigenvalue weighted by Gasteiger charge is -2.09. The van der Waals surface area contributed by atoms with E-state index in [4.69, 9.17) is 9.84 Å². The number of benzene rings is 1. The Labute approximate surface area is 101 Å². The quantitative estimate of drug-likeness (QED) is 0.626. The fourth-order valence-corrected chi connectivity index (χ4v) is 1.23. The topological polar surface area (TPSA) is 46.5 Å². The Bertz CT molecular complexity index is 414. The fraction of sp³-hybridized carbons (Fsp3) is 0.214. The van der Waals surface area contributed by atoms with Gasteiger partial charge in [0.15, 0.2) is 0 Å². The van der Waals surface area contributed by atoms with E-state index in [0.29, 0.717) is 0 Å². The normalized spacial score (nSPS) is 11.5. The van der Waals surface area contributed by atoms with Crippen LogP contribution in [-0.2, 0) is 4.79 Å². The third kappa shape index (κ3) is 5.56. The van der Waals surface area contributed by atoms with Crippen LogP contribution in [0, 0.1) is 0 Å². The summed E-state index contributed by atoms with van der Waals surface area (Å²) in [5, 5.41) is 8.39. The van der Waals surface area contributed by atoms with E-state index in [1.165, 1.54) is 6.08 Å². The molecule has 17 heavy (non-hydrogen) atoms. The predicted molar refractivity (Wildman–Crippen MR) is 68.0 cm³/mol. The van der Waals surface area contributed by atoms with Crippen molar-refractivity contribution in [1.29, 1.82) is 0 Å². The van der Waals surface area contributed by atoms with Gasteiger partial charge in [-0.3, -0.25) is 0 Å². The summed E-state index contributed by atoms with van der Waals surface area (Å²) in [5.41, 5.74) is 0.996. The van der Waals surface area contributed by atoms with E-state index in [0.717, 1.165) is 17.4 Å². The Kier molecular flexibility index (Phi) is 5.01. The first-order chi connectivity index (χ1) is 8.08. The highest BCUT2D eigenvalue weighted by Gasteiger charge is 1.95. The van der Waals surface area contributed by atoms with Crippen LogP contribution in [0.4, 0.5) is 0 Å². The van der Waals surface area contributed by atoms with Crippen LogP contribution in [0.2, 0.25) is 0 Å². The molecular weight excluding hydrogens is 216 g/mol. The molecule has 0 saturated heterocycles. The Morgan fingerprint density at radius 2 is 1.88 bits per heavy atom. The van der Waals surface area contributed by atoms with Crippen molar-refractivity contribution in [3.05, 3.63) is 48.1 Å². The summed E-state index contributed by atoms with van der Waals surface area (Å²) < 4.78 is 5.51. The van der Waals surface area contributed by atoms with Crippen LogP contribution in [-0.4, -0.2) is 17.2 Å². The molecule has 0 saturated carbocycles. The predicted octanol–water partition coefficient (Wildman–Crippen LogP) is 3.13. The summed E-state index contributed by atoms with van der Waals surface area (Å²) in [4.78, 5) is 10.2. The summed E-state index contributed by atoms with van der Waals surface area (Å²) in [6, 6.07) is 7.62. The zero-order valence-electron chi connectivity index (χ0n) is 9.96. The second kappa shape index (κ2) is 6.53. The zero-order chi connectivity index (χ0) is 12.7. The number of hydrogen-bond acceptors (Lipinski definition) is 2. The monoisotopic (exact) mass is 232 g/mol. The van der Waals surface area contributed by atoms with E-state index in [2.05, 4.69) is 0 Å². The molecule has 0 spiro atoms. The van der Waals surface area contributed by atoms with E-state index in [1.54, 1.807) is 6.08 Å². The fourth-order valence-electron chi connectivity index (χ4n) is 1.23. The summed E-state index contributed by atoms with van der Waals surface area (Å²) >= 11 is 0. The molecule has 0 fully saturated rings. The van der Waals surface area contributed by atoms with Gasteiger partial charge in [-0.2, -0.15) is 0 Å². The summed E-state index contributed by atoms with van der Waals surface area (Å²) in [7, 11) is 0. The molecule has 0 aliphatic heterocycles. The maximum absolute atomic E-state index is 10.2. The van der Waals surface area contributed by atoms with Crippen LogP contribution in [0.1, 0.15) is 19.4 Å². The highest BCUT2D eigenvalue weighted by atomic mass is 16.5. The van der Waals surface area contributed by atoms with Gasteiger partial charge in [-0.25, -0.2) is 4.79 Å². The number of carbonyl (C=O) groups is 1. The molecule has 1 N–H and O–H groups in total. The first kappa shape index (κ1) is 13.0. The van der Waals surface area contributed by atoms with Crippen LogP contribution in [0.15, 0.2) is 42.5 Å². The van der Waals surface area contributed by atoms with Gasteiger partial charge in [0.2, 0.25) is 0 Å². The molecule has 3 nitrogen and oxygen atoms in total. The first-order valence-corrected chi connectivity index (χ1v) is 5.42. The first-order valence-electron chi connectivity index (χ1n) is 5.42. The van der Waals surface area contributed by atoms with Gasteiger partial charge in [0.25, 0.3) is 0 Å². The highest BCUT2D eigenvalue weighted by Crippen LogP contribution is 2.14. The molecule has 1 aromatic carbocycles. The van der Waals surface area contributed by atoms with Gasteiger partial charge in [0, 0.05) is 6.08 Å². The molecule has 90 valence electrons. The number of carboxylic acid groups (broad SMARTS) is 1. The Morgan fingerprint density at radius 3 is 2.41 bits per heavy atom. The third-order valence-electron chi connectivity index (χ3n) is 1.89. The minimum atomic E-state index is -0.949. The van der Waals surface area contributed by atoms with Gasteiger partial charge >= 0.3 is 5.97 Å². The van der Waals surface area contributed by atoms with Gasteiger partial charge in [-0.05, 0) is 31.5 Å². The number of allylic oxidation sites excluding steroid dienone is 2. The van der Waals surface area contributed by atoms with Crippen molar-refractivity contribution in [2.75, 3.05) is 0 Å². The third-order valence-corrected chi connectivity index (χ3v) is 1.89. The standard InChI is InChI=1S/C14H16O3/c1-11(2)17-13-9-7-12(8-10-13)5-3-4-6-14(15)16/h3-11H,1-2H3,(H,15,16)/b5-3+,6-4+. The van der Waals surface area contributed by atoms with E-state index in [1.807, 2.05) is 44.2 Å². The van der Waals surface area contributed by atoms with Crippen LogP contribution in [0.5, 0.6) is 5.75 Å². The van der Waals surface area contributed by atoms with Crippen LogP contribution in [0.3, 0.4) is 0 Å². The molecule has 0 unspecified atom stereocenters. The van der Waals surface area contributed by atoms with Gasteiger partial charge in [-0.15, -0.1) is 0 Å². The summed E-state index contributed by atoms with van der Waals surface area (Å²) in [6.45, 7) is 3.95. The molecule has 0 aliphatic rings. The van der Waals surface area contributed by atoms with E-state index in [9.17, 15) is 4.79 Å². The molecule has 0 aliphatic carbocycles. The van der Waals surface area contributed by atoms with Crippen LogP contribution in [0.25, 0.3) is 6.08 Å². The van der Waals surface area contributed by atoms with Gasteiger partial charge in [0.1, 0.15) is 5.75 Å². The molecule has 0 atom stereocenters. The van der Waals surface area contributed by atoms with E-state index < -0.39 is 5.97 Å². The Hall–Kier alpha value is -2.03. The molecule has 1 rings (SSSR count). The molecule has 0 aromatic heterocycles.